The van der Waals surface area contributed by atoms with E-state index in [9.17, 15) is 0 Å². The molecule has 238 valence electrons. The maximum absolute atomic E-state index is 5.30. The molecule has 0 N–H and O–H groups in total. The number of aromatic nitrogens is 3. The molecule has 0 radical (unpaired) electrons. The van der Waals surface area contributed by atoms with Gasteiger partial charge in [0.15, 0.2) is 5.82 Å². The van der Waals surface area contributed by atoms with Crippen molar-refractivity contribution in [2.45, 2.75) is 19.8 Å². The molecule has 2 atom stereocenters. The molecule has 1 aliphatic carbocycles. The first-order valence-corrected chi connectivity index (χ1v) is 18.1. The Bertz CT molecular complexity index is 2840. The number of benzene rings is 6. The van der Waals surface area contributed by atoms with Gasteiger partial charge >= 0.3 is 0 Å². The molecule has 4 heteroatoms. The number of hydrogen-bond acceptors (Lipinski definition) is 3. The summed E-state index contributed by atoms with van der Waals surface area (Å²) in [5.74, 6) is 1.30. The molecule has 0 aliphatic heterocycles. The first-order valence-electron chi connectivity index (χ1n) is 17.3. The Morgan fingerprint density at radius 1 is 0.600 bits per heavy atom. The van der Waals surface area contributed by atoms with Crippen LogP contribution in [0.3, 0.4) is 0 Å². The molecule has 0 saturated heterocycles. The highest BCUT2D eigenvalue weighted by molar-refractivity contribution is 7.27. The van der Waals surface area contributed by atoms with E-state index in [2.05, 4.69) is 164 Å². The molecular weight excluding hydrogens is 627 g/mol. The quantitative estimate of drug-likeness (QED) is 0.188. The van der Waals surface area contributed by atoms with Gasteiger partial charge in [0, 0.05) is 70.3 Å². The van der Waals surface area contributed by atoms with Crippen LogP contribution < -0.4 is 0 Å². The number of para-hydroxylation sites is 1. The third-order valence-electron chi connectivity index (χ3n) is 10.5. The van der Waals surface area contributed by atoms with Crippen molar-refractivity contribution in [3.05, 3.63) is 163 Å². The Morgan fingerprint density at radius 3 is 2.08 bits per heavy atom. The van der Waals surface area contributed by atoms with E-state index >= 15 is 0 Å². The highest BCUT2D eigenvalue weighted by Gasteiger charge is 2.26. The number of rotatable bonds is 4. The van der Waals surface area contributed by atoms with Crippen molar-refractivity contribution in [2.24, 2.45) is 5.92 Å². The van der Waals surface area contributed by atoms with Crippen LogP contribution in [0.1, 0.15) is 24.1 Å². The topological polar surface area (TPSA) is 30.7 Å². The summed E-state index contributed by atoms with van der Waals surface area (Å²) < 4.78 is 5.14. The van der Waals surface area contributed by atoms with E-state index in [4.69, 9.17) is 9.97 Å². The van der Waals surface area contributed by atoms with Crippen molar-refractivity contribution in [3.63, 3.8) is 0 Å². The second kappa shape index (κ2) is 11.4. The van der Waals surface area contributed by atoms with Gasteiger partial charge in [0.1, 0.15) is 0 Å². The van der Waals surface area contributed by atoms with Crippen molar-refractivity contribution in [3.8, 4) is 28.3 Å². The number of allylic oxidation sites excluding steroid dienone is 4. The van der Waals surface area contributed by atoms with E-state index in [1.807, 2.05) is 17.4 Å². The predicted octanol–water partition coefficient (Wildman–Crippen LogP) is 12.6. The average Bonchev–Trinajstić information content (AvgIpc) is 3.72. The number of fused-ring (bicyclic) bond motifs is 10. The smallest absolute Gasteiger partial charge is 0.160 e. The lowest BCUT2D eigenvalue weighted by molar-refractivity contribution is 0.628. The Hall–Kier alpha value is -5.84. The van der Waals surface area contributed by atoms with Crippen molar-refractivity contribution >= 4 is 64.1 Å². The Kier molecular flexibility index (Phi) is 6.62. The van der Waals surface area contributed by atoms with Crippen LogP contribution in [-0.4, -0.2) is 14.5 Å². The standard InChI is InChI=1S/C46H33N3S/c1-28-14-6-7-17-33(28)40-29(2)47-46(31-15-4-3-5-16-31)48-43(40)30-24-26-32(27-25-30)49-38-22-12-10-20-36(38)41-34-18-8-9-19-35(34)45-42(44(41)49)37-21-11-13-23-39(37)50-45/h3-28,33H,1-2H3. The van der Waals surface area contributed by atoms with E-state index in [1.54, 1.807) is 0 Å². The molecule has 10 rings (SSSR count). The van der Waals surface area contributed by atoms with Gasteiger partial charge in [-0.2, -0.15) is 0 Å². The number of thiophene rings is 1. The van der Waals surface area contributed by atoms with Gasteiger partial charge in [0.25, 0.3) is 0 Å². The third-order valence-corrected chi connectivity index (χ3v) is 11.7. The number of nitrogens with zero attached hydrogens (tertiary/aromatic N) is 3. The van der Waals surface area contributed by atoms with Gasteiger partial charge in [-0.1, -0.05) is 134 Å². The zero-order valence-corrected chi connectivity index (χ0v) is 28.7. The van der Waals surface area contributed by atoms with Crippen LogP contribution in [-0.2, 0) is 0 Å². The fraction of sp³-hybridized carbons (Fsp3) is 0.0870. The molecule has 0 amide bonds. The lowest BCUT2D eigenvalue weighted by Gasteiger charge is -2.25. The minimum atomic E-state index is 0.199. The summed E-state index contributed by atoms with van der Waals surface area (Å²) in [6.07, 6.45) is 8.88. The molecule has 0 bridgehead atoms. The summed E-state index contributed by atoms with van der Waals surface area (Å²) in [5.41, 5.74) is 8.95. The average molecular weight is 660 g/mol. The van der Waals surface area contributed by atoms with E-state index in [-0.39, 0.29) is 5.92 Å². The summed E-state index contributed by atoms with van der Waals surface area (Å²) in [6, 6.07) is 46.0. The molecule has 6 aromatic carbocycles. The third kappa shape index (κ3) is 4.35. The molecule has 50 heavy (non-hydrogen) atoms. The zero-order chi connectivity index (χ0) is 33.3. The summed E-state index contributed by atoms with van der Waals surface area (Å²) >= 11 is 1.90. The molecule has 3 aromatic heterocycles. The van der Waals surface area contributed by atoms with Gasteiger partial charge in [-0.3, -0.25) is 0 Å². The second-order valence-electron chi connectivity index (χ2n) is 13.4. The van der Waals surface area contributed by atoms with E-state index in [0.717, 1.165) is 34.0 Å². The number of hydrogen-bond donors (Lipinski definition) is 0. The van der Waals surface area contributed by atoms with Crippen molar-refractivity contribution in [1.29, 1.82) is 0 Å². The molecule has 3 heterocycles. The van der Waals surface area contributed by atoms with Crippen LogP contribution >= 0.6 is 11.3 Å². The van der Waals surface area contributed by atoms with E-state index in [0.29, 0.717) is 5.92 Å². The molecule has 0 spiro atoms. The lowest BCUT2D eigenvalue weighted by Crippen LogP contribution is -2.13. The summed E-state index contributed by atoms with van der Waals surface area (Å²) in [7, 11) is 0. The van der Waals surface area contributed by atoms with Gasteiger partial charge < -0.3 is 4.57 Å². The van der Waals surface area contributed by atoms with Crippen LogP contribution in [0.15, 0.2) is 152 Å². The monoisotopic (exact) mass is 659 g/mol. The Balaban J connectivity index is 1.24. The van der Waals surface area contributed by atoms with Gasteiger partial charge in [-0.05, 0) is 42.5 Å². The van der Waals surface area contributed by atoms with Gasteiger partial charge in [0.2, 0.25) is 0 Å². The second-order valence-corrected chi connectivity index (χ2v) is 14.4. The molecule has 3 nitrogen and oxygen atoms in total. The molecule has 9 aromatic rings. The van der Waals surface area contributed by atoms with Crippen LogP contribution in [0.25, 0.3) is 81.1 Å². The van der Waals surface area contributed by atoms with Crippen LogP contribution in [0, 0.1) is 12.8 Å². The minimum Gasteiger partial charge on any atom is -0.309 e. The van der Waals surface area contributed by atoms with Crippen LogP contribution in [0.4, 0.5) is 0 Å². The molecule has 2 unspecified atom stereocenters. The first kappa shape index (κ1) is 29.1. The summed E-state index contributed by atoms with van der Waals surface area (Å²) in [5, 5.41) is 7.83. The van der Waals surface area contributed by atoms with Crippen LogP contribution in [0.2, 0.25) is 0 Å². The van der Waals surface area contributed by atoms with E-state index in [1.165, 1.54) is 58.3 Å². The predicted molar refractivity (Wildman–Crippen MR) is 213 cm³/mol. The van der Waals surface area contributed by atoms with Gasteiger partial charge in [-0.25, -0.2) is 9.97 Å². The SMILES string of the molecule is Cc1nc(-c2ccccc2)nc(-c2ccc(-n3c4ccccc4c4c5ccccc5c5sc6ccccc6c5c43)cc2)c1C1C=CC=CC1C. The highest BCUT2D eigenvalue weighted by atomic mass is 32.1. The molecule has 0 saturated carbocycles. The van der Waals surface area contributed by atoms with Gasteiger partial charge in [-0.15, -0.1) is 11.3 Å². The number of aryl methyl sites for hydroxylation is 1. The first-order chi connectivity index (χ1) is 24.7. The zero-order valence-electron chi connectivity index (χ0n) is 27.8. The molecule has 0 fully saturated rings. The normalized spacial score (nSPS) is 16.0. The highest BCUT2D eigenvalue weighted by Crippen LogP contribution is 2.48. The molecule has 1 aliphatic rings. The van der Waals surface area contributed by atoms with Crippen molar-refractivity contribution in [1.82, 2.24) is 14.5 Å². The summed E-state index contributed by atoms with van der Waals surface area (Å²) in [6.45, 7) is 4.42. The Morgan fingerprint density at radius 2 is 1.28 bits per heavy atom. The Labute approximate surface area is 294 Å². The van der Waals surface area contributed by atoms with Gasteiger partial charge in [0.05, 0.1) is 16.7 Å². The lowest BCUT2D eigenvalue weighted by atomic mass is 9.81. The van der Waals surface area contributed by atoms with Crippen molar-refractivity contribution in [2.75, 3.05) is 0 Å². The van der Waals surface area contributed by atoms with E-state index < -0.39 is 0 Å². The maximum atomic E-state index is 5.30. The van der Waals surface area contributed by atoms with Crippen LogP contribution in [0.5, 0.6) is 0 Å². The summed E-state index contributed by atoms with van der Waals surface area (Å²) in [4.78, 5) is 10.4. The largest absolute Gasteiger partial charge is 0.309 e. The minimum absolute atomic E-state index is 0.199. The fourth-order valence-electron chi connectivity index (χ4n) is 8.15. The maximum Gasteiger partial charge on any atom is 0.160 e. The fourth-order valence-corrected chi connectivity index (χ4v) is 9.39. The van der Waals surface area contributed by atoms with Crippen molar-refractivity contribution < 1.29 is 0 Å². The molecular formula is C46H33N3S.